The van der Waals surface area contributed by atoms with Crippen LogP contribution in [-0.2, 0) is 6.54 Å². The third-order valence-electron chi connectivity index (χ3n) is 2.64. The van der Waals surface area contributed by atoms with Gasteiger partial charge < -0.3 is 5.73 Å². The van der Waals surface area contributed by atoms with Gasteiger partial charge in [-0.3, -0.25) is 0 Å². The molecule has 0 aliphatic heterocycles. The topological polar surface area (TPSA) is 26.0 Å². The van der Waals surface area contributed by atoms with Crippen LogP contribution >= 0.6 is 35.1 Å². The summed E-state index contributed by atoms with van der Waals surface area (Å²) in [5, 5.41) is 0.763. The van der Waals surface area contributed by atoms with E-state index < -0.39 is 0 Å². The van der Waals surface area contributed by atoms with Crippen LogP contribution in [0.1, 0.15) is 12.5 Å². The predicted octanol–water partition coefficient (Wildman–Crippen LogP) is 5.06. The first-order valence-corrected chi connectivity index (χ1v) is 8.30. The first-order valence-electron chi connectivity index (χ1n) is 6.12. The maximum absolute atomic E-state index is 5.91. The van der Waals surface area contributed by atoms with E-state index in [1.54, 1.807) is 11.8 Å². The van der Waals surface area contributed by atoms with Gasteiger partial charge >= 0.3 is 0 Å². The van der Waals surface area contributed by atoms with E-state index in [4.69, 9.17) is 17.3 Å². The Morgan fingerprint density at radius 3 is 2.37 bits per heavy atom. The van der Waals surface area contributed by atoms with Crippen molar-refractivity contribution in [2.24, 2.45) is 5.73 Å². The van der Waals surface area contributed by atoms with Gasteiger partial charge in [-0.25, -0.2) is 0 Å². The van der Waals surface area contributed by atoms with Gasteiger partial charge in [0.1, 0.15) is 0 Å². The maximum atomic E-state index is 5.91. The highest BCUT2D eigenvalue weighted by atomic mass is 35.5. The summed E-state index contributed by atoms with van der Waals surface area (Å²) in [6, 6.07) is 14.3. The molecule has 1 nitrogen and oxygen atoms in total. The Morgan fingerprint density at radius 2 is 1.74 bits per heavy atom. The van der Waals surface area contributed by atoms with Gasteiger partial charge in [0.05, 0.1) is 0 Å². The molecule has 0 spiro atoms. The average Bonchev–Trinajstić information content (AvgIpc) is 2.42. The molecule has 2 aromatic rings. The molecule has 2 aromatic carbocycles. The maximum Gasteiger partial charge on any atom is 0.0406 e. The lowest BCUT2D eigenvalue weighted by atomic mass is 10.2. The summed E-state index contributed by atoms with van der Waals surface area (Å²) in [4.78, 5) is 3.69. The molecule has 0 aromatic heterocycles. The number of hydrogen-bond donors (Lipinski definition) is 1. The van der Waals surface area contributed by atoms with E-state index in [0.717, 1.165) is 10.8 Å². The van der Waals surface area contributed by atoms with Crippen LogP contribution in [-0.4, -0.2) is 5.75 Å². The minimum absolute atomic E-state index is 0.569. The number of nitrogens with two attached hydrogens (primary N) is 1. The zero-order chi connectivity index (χ0) is 13.7. The summed E-state index contributed by atoms with van der Waals surface area (Å²) in [5.74, 6) is 1.06. The SMILES string of the molecule is CCSc1cccc(Sc2ccc(Cl)cc2)c1CN. The highest BCUT2D eigenvalue weighted by Crippen LogP contribution is 2.35. The van der Waals surface area contributed by atoms with E-state index >= 15 is 0 Å². The van der Waals surface area contributed by atoms with E-state index in [0.29, 0.717) is 6.54 Å². The molecule has 0 saturated heterocycles. The van der Waals surface area contributed by atoms with E-state index in [-0.39, 0.29) is 0 Å². The molecule has 0 radical (unpaired) electrons. The van der Waals surface area contributed by atoms with Gasteiger partial charge in [-0.05, 0) is 47.7 Å². The van der Waals surface area contributed by atoms with Crippen molar-refractivity contribution in [1.82, 2.24) is 0 Å². The molecule has 4 heteroatoms. The molecule has 0 fully saturated rings. The van der Waals surface area contributed by atoms with Gasteiger partial charge in [0, 0.05) is 26.3 Å². The van der Waals surface area contributed by atoms with Crippen molar-refractivity contribution in [3.05, 3.63) is 53.1 Å². The molecule has 0 atom stereocenters. The first-order chi connectivity index (χ1) is 9.24. The fraction of sp³-hybridized carbons (Fsp3) is 0.200. The molecule has 100 valence electrons. The fourth-order valence-corrected chi connectivity index (χ4v) is 3.80. The molecule has 2 rings (SSSR count). The fourth-order valence-electron chi connectivity index (χ4n) is 1.76. The molecule has 0 amide bonds. The number of halogens is 1. The highest BCUT2D eigenvalue weighted by molar-refractivity contribution is 8.00. The van der Waals surface area contributed by atoms with Crippen molar-refractivity contribution < 1.29 is 0 Å². The first kappa shape index (κ1) is 14.8. The Hall–Kier alpha value is -0.610. The Labute approximate surface area is 127 Å². The second-order valence-corrected chi connectivity index (χ2v) is 6.78. The van der Waals surface area contributed by atoms with Crippen LogP contribution in [0.15, 0.2) is 57.2 Å². The van der Waals surface area contributed by atoms with Crippen LogP contribution < -0.4 is 5.73 Å². The number of hydrogen-bond acceptors (Lipinski definition) is 3. The Kier molecular flexibility index (Phi) is 5.64. The number of thioether (sulfide) groups is 1. The minimum atomic E-state index is 0.569. The zero-order valence-corrected chi connectivity index (χ0v) is 13.1. The quantitative estimate of drug-likeness (QED) is 0.782. The summed E-state index contributed by atoms with van der Waals surface area (Å²) in [7, 11) is 0. The van der Waals surface area contributed by atoms with Crippen molar-refractivity contribution in [2.75, 3.05) is 5.75 Å². The predicted molar refractivity (Wildman–Crippen MR) is 86.3 cm³/mol. The lowest BCUT2D eigenvalue weighted by Gasteiger charge is -2.12. The molecule has 0 bridgehead atoms. The lowest BCUT2D eigenvalue weighted by Crippen LogP contribution is -2.00. The van der Waals surface area contributed by atoms with Crippen molar-refractivity contribution in [3.8, 4) is 0 Å². The Morgan fingerprint density at radius 1 is 1.05 bits per heavy atom. The Bertz CT molecular complexity index is 540. The summed E-state index contributed by atoms with van der Waals surface area (Å²) in [6.07, 6.45) is 0. The standard InChI is InChI=1S/C15H16ClNS2/c1-2-18-14-4-3-5-15(13(14)10-17)19-12-8-6-11(16)7-9-12/h3-9H,2,10,17H2,1H3. The van der Waals surface area contributed by atoms with Gasteiger partial charge in [-0.1, -0.05) is 36.4 Å². The van der Waals surface area contributed by atoms with E-state index in [2.05, 4.69) is 25.1 Å². The lowest BCUT2D eigenvalue weighted by molar-refractivity contribution is 0.980. The van der Waals surface area contributed by atoms with Crippen molar-refractivity contribution >= 4 is 35.1 Å². The monoisotopic (exact) mass is 309 g/mol. The molecule has 2 N–H and O–H groups in total. The molecule has 0 aliphatic rings. The second-order valence-electron chi connectivity index (χ2n) is 3.93. The largest absolute Gasteiger partial charge is 0.326 e. The van der Waals surface area contributed by atoms with E-state index in [1.807, 2.05) is 36.0 Å². The average molecular weight is 310 g/mol. The summed E-state index contributed by atoms with van der Waals surface area (Å²) >= 11 is 9.48. The van der Waals surface area contributed by atoms with Gasteiger partial charge in [0.15, 0.2) is 0 Å². The van der Waals surface area contributed by atoms with Gasteiger partial charge in [0.2, 0.25) is 0 Å². The molecule has 19 heavy (non-hydrogen) atoms. The van der Waals surface area contributed by atoms with E-state index in [1.165, 1.54) is 20.2 Å². The molecular formula is C15H16ClNS2. The van der Waals surface area contributed by atoms with Gasteiger partial charge in [-0.2, -0.15) is 0 Å². The minimum Gasteiger partial charge on any atom is -0.326 e. The van der Waals surface area contributed by atoms with Crippen LogP contribution in [0.2, 0.25) is 5.02 Å². The van der Waals surface area contributed by atoms with Crippen molar-refractivity contribution in [3.63, 3.8) is 0 Å². The van der Waals surface area contributed by atoms with Crippen LogP contribution in [0.4, 0.5) is 0 Å². The van der Waals surface area contributed by atoms with E-state index in [9.17, 15) is 0 Å². The van der Waals surface area contributed by atoms with Crippen molar-refractivity contribution in [1.29, 1.82) is 0 Å². The zero-order valence-electron chi connectivity index (χ0n) is 10.7. The normalized spacial score (nSPS) is 10.7. The Balaban J connectivity index is 2.28. The summed E-state index contributed by atoms with van der Waals surface area (Å²) in [6.45, 7) is 2.73. The highest BCUT2D eigenvalue weighted by Gasteiger charge is 2.08. The van der Waals surface area contributed by atoms with Crippen LogP contribution in [0.3, 0.4) is 0 Å². The van der Waals surface area contributed by atoms with Crippen LogP contribution in [0.25, 0.3) is 0 Å². The molecule has 0 heterocycles. The summed E-state index contributed by atoms with van der Waals surface area (Å²) in [5.41, 5.74) is 7.14. The van der Waals surface area contributed by atoms with Gasteiger partial charge in [0.25, 0.3) is 0 Å². The van der Waals surface area contributed by atoms with Crippen LogP contribution in [0, 0.1) is 0 Å². The number of rotatable bonds is 5. The molecule has 0 unspecified atom stereocenters. The summed E-state index contributed by atoms with van der Waals surface area (Å²) < 4.78 is 0. The third-order valence-corrected chi connectivity index (χ3v) is 4.98. The molecular weight excluding hydrogens is 294 g/mol. The molecule has 0 saturated carbocycles. The molecule has 0 aliphatic carbocycles. The third kappa shape index (κ3) is 3.93. The van der Waals surface area contributed by atoms with Gasteiger partial charge in [-0.15, -0.1) is 11.8 Å². The van der Waals surface area contributed by atoms with Crippen LogP contribution in [0.5, 0.6) is 0 Å². The van der Waals surface area contributed by atoms with Crippen molar-refractivity contribution in [2.45, 2.75) is 28.2 Å². The smallest absolute Gasteiger partial charge is 0.0406 e. The number of benzene rings is 2. The second kappa shape index (κ2) is 7.25.